The van der Waals surface area contributed by atoms with E-state index in [2.05, 4.69) is 10.9 Å². The van der Waals surface area contributed by atoms with Crippen LogP contribution >= 0.6 is 0 Å². The quantitative estimate of drug-likeness (QED) is 0.228. The van der Waals surface area contributed by atoms with Gasteiger partial charge < -0.3 is 14.8 Å². The Balaban J connectivity index is 0.00000103. The Morgan fingerprint density at radius 1 is 1.13 bits per heavy atom. The number of terminal acetylenes is 1. The average molecular weight is 404 g/mol. The highest BCUT2D eigenvalue weighted by molar-refractivity contribution is 6.02. The standard InChI is InChI=1S/C23H22O3.C3H7N/c1-6-15(3)20-19(17-11-9-8-10-12-17)14-13-16(4)21(20)22(24)18(7-2)23(25)26-5;1-3-4-2/h2,6,8-14,24H,1,3-5H3;3H,1-2H3/b15-6-,22-18-;. The van der Waals surface area contributed by atoms with Crippen LogP contribution in [0.1, 0.15) is 37.5 Å². The van der Waals surface area contributed by atoms with Gasteiger partial charge in [-0.25, -0.2) is 4.79 Å². The second-order valence-corrected chi connectivity index (χ2v) is 6.39. The fraction of sp³-hybridized carbons (Fsp3) is 0.231. The first-order valence-electron chi connectivity index (χ1n) is 9.55. The van der Waals surface area contributed by atoms with Crippen LogP contribution in [0.3, 0.4) is 0 Å². The van der Waals surface area contributed by atoms with Gasteiger partial charge in [0.15, 0.2) is 5.57 Å². The molecule has 0 spiro atoms. The average Bonchev–Trinajstić information content (AvgIpc) is 2.79. The number of esters is 1. The van der Waals surface area contributed by atoms with Crippen LogP contribution < -0.4 is 0 Å². The van der Waals surface area contributed by atoms with Crippen LogP contribution in [0, 0.1) is 19.3 Å². The summed E-state index contributed by atoms with van der Waals surface area (Å²) in [6.45, 7) is 7.66. The number of aliphatic imine (C=N–C) groups is 1. The molecule has 0 unspecified atom stereocenters. The van der Waals surface area contributed by atoms with Gasteiger partial charge in [-0.1, -0.05) is 54.5 Å². The summed E-state index contributed by atoms with van der Waals surface area (Å²) in [6.07, 6.45) is 9.18. The second-order valence-electron chi connectivity index (χ2n) is 6.39. The van der Waals surface area contributed by atoms with Gasteiger partial charge in [0.05, 0.1) is 7.11 Å². The molecule has 0 fully saturated rings. The summed E-state index contributed by atoms with van der Waals surface area (Å²) in [6, 6.07) is 13.8. The summed E-state index contributed by atoms with van der Waals surface area (Å²) < 4.78 is 4.71. The van der Waals surface area contributed by atoms with E-state index in [0.29, 0.717) is 5.56 Å². The molecule has 0 aliphatic heterocycles. The normalized spacial score (nSPS) is 11.8. The third kappa shape index (κ3) is 5.71. The molecule has 30 heavy (non-hydrogen) atoms. The molecule has 0 amide bonds. The Kier molecular flexibility index (Phi) is 9.85. The van der Waals surface area contributed by atoms with E-state index >= 15 is 0 Å². The fourth-order valence-corrected chi connectivity index (χ4v) is 2.88. The minimum absolute atomic E-state index is 0.189. The Morgan fingerprint density at radius 2 is 1.73 bits per heavy atom. The first-order valence-corrected chi connectivity index (χ1v) is 9.55. The van der Waals surface area contributed by atoms with Gasteiger partial charge in [-0.2, -0.15) is 0 Å². The molecule has 4 heteroatoms. The molecule has 0 heterocycles. The van der Waals surface area contributed by atoms with Crippen LogP contribution in [-0.4, -0.2) is 31.4 Å². The summed E-state index contributed by atoms with van der Waals surface area (Å²) in [4.78, 5) is 15.6. The Bertz CT molecular complexity index is 1000. The summed E-state index contributed by atoms with van der Waals surface area (Å²) in [5.41, 5.74) is 4.94. The van der Waals surface area contributed by atoms with Crippen molar-refractivity contribution in [1.29, 1.82) is 0 Å². The topological polar surface area (TPSA) is 58.9 Å². The van der Waals surface area contributed by atoms with Crippen LogP contribution in [-0.2, 0) is 9.53 Å². The zero-order valence-corrected chi connectivity index (χ0v) is 18.5. The van der Waals surface area contributed by atoms with E-state index in [9.17, 15) is 9.90 Å². The number of methoxy groups -OCH3 is 1. The van der Waals surface area contributed by atoms with Gasteiger partial charge >= 0.3 is 5.97 Å². The summed E-state index contributed by atoms with van der Waals surface area (Å²) in [5, 5.41) is 10.9. The highest BCUT2D eigenvalue weighted by Crippen LogP contribution is 2.37. The van der Waals surface area contributed by atoms with Crippen LogP contribution in [0.2, 0.25) is 0 Å². The predicted octanol–water partition coefficient (Wildman–Crippen LogP) is 5.87. The molecule has 156 valence electrons. The lowest BCUT2D eigenvalue weighted by molar-refractivity contribution is -0.135. The van der Waals surface area contributed by atoms with E-state index in [-0.39, 0.29) is 11.3 Å². The van der Waals surface area contributed by atoms with E-state index in [0.717, 1.165) is 27.8 Å². The van der Waals surface area contributed by atoms with Crippen LogP contribution in [0.25, 0.3) is 22.5 Å². The summed E-state index contributed by atoms with van der Waals surface area (Å²) in [7, 11) is 2.98. The Labute approximate surface area is 179 Å². The molecule has 0 aliphatic rings. The molecule has 2 rings (SSSR count). The number of carbonyl (C=O) groups excluding carboxylic acids is 1. The third-order valence-electron chi connectivity index (χ3n) is 4.59. The van der Waals surface area contributed by atoms with E-state index in [1.54, 1.807) is 13.3 Å². The molecular formula is C26H29NO3. The SMILES string of the molecule is C#C/C(C(=O)OC)=C(/O)c1c(C)ccc(-c2ccccc2)c1/C(C)=C\C.CC=NC. The summed E-state index contributed by atoms with van der Waals surface area (Å²) in [5.74, 6) is 1.28. The molecule has 0 saturated heterocycles. The zero-order chi connectivity index (χ0) is 22.7. The molecule has 1 N–H and O–H groups in total. The van der Waals surface area contributed by atoms with Gasteiger partial charge in [0.2, 0.25) is 0 Å². The fourth-order valence-electron chi connectivity index (χ4n) is 2.88. The van der Waals surface area contributed by atoms with Crippen molar-refractivity contribution in [3.63, 3.8) is 0 Å². The minimum atomic E-state index is -0.737. The number of aliphatic hydroxyl groups excluding tert-OH is 1. The number of hydrogen-bond acceptors (Lipinski definition) is 4. The van der Waals surface area contributed by atoms with Gasteiger partial charge in [0, 0.05) is 12.6 Å². The van der Waals surface area contributed by atoms with Crippen LogP contribution in [0.15, 0.2) is 59.1 Å². The molecule has 0 atom stereocenters. The molecule has 0 bridgehead atoms. The zero-order valence-electron chi connectivity index (χ0n) is 18.5. The number of rotatable bonds is 4. The maximum Gasteiger partial charge on any atom is 0.350 e. The third-order valence-corrected chi connectivity index (χ3v) is 4.59. The Morgan fingerprint density at radius 3 is 2.20 bits per heavy atom. The first-order chi connectivity index (χ1) is 14.4. The van der Waals surface area contributed by atoms with Crippen molar-refractivity contribution in [3.8, 4) is 23.5 Å². The number of hydrogen-bond donors (Lipinski definition) is 1. The maximum atomic E-state index is 12.0. The lowest BCUT2D eigenvalue weighted by Gasteiger charge is -2.19. The van der Waals surface area contributed by atoms with E-state index < -0.39 is 5.97 Å². The van der Waals surface area contributed by atoms with Gasteiger partial charge in [0.25, 0.3) is 0 Å². The number of carbonyl (C=O) groups is 1. The molecular weight excluding hydrogens is 374 g/mol. The van der Waals surface area contributed by atoms with E-state index in [1.165, 1.54) is 7.11 Å². The van der Waals surface area contributed by atoms with Gasteiger partial charge in [0.1, 0.15) is 5.76 Å². The Hall–Kier alpha value is -3.58. The van der Waals surface area contributed by atoms with Crippen LogP contribution in [0.4, 0.5) is 0 Å². The number of benzene rings is 2. The van der Waals surface area contributed by atoms with Gasteiger partial charge in [-0.3, -0.25) is 0 Å². The van der Waals surface area contributed by atoms with Crippen molar-refractivity contribution in [1.82, 2.24) is 0 Å². The number of aliphatic hydroxyl groups is 1. The summed E-state index contributed by atoms with van der Waals surface area (Å²) >= 11 is 0. The molecule has 4 nitrogen and oxygen atoms in total. The molecule has 2 aromatic rings. The van der Waals surface area contributed by atoms with Crippen molar-refractivity contribution in [3.05, 3.63) is 70.8 Å². The van der Waals surface area contributed by atoms with Crippen molar-refractivity contribution < 1.29 is 14.6 Å². The van der Waals surface area contributed by atoms with E-state index in [4.69, 9.17) is 11.2 Å². The maximum absolute atomic E-state index is 12.0. The molecule has 2 aromatic carbocycles. The number of ether oxygens (including phenoxy) is 1. The van der Waals surface area contributed by atoms with Crippen molar-refractivity contribution in [2.24, 2.45) is 4.99 Å². The molecule has 0 radical (unpaired) electrons. The number of allylic oxidation sites excluding steroid dienone is 2. The largest absolute Gasteiger partial charge is 0.506 e. The highest BCUT2D eigenvalue weighted by Gasteiger charge is 2.22. The van der Waals surface area contributed by atoms with Crippen molar-refractivity contribution in [2.75, 3.05) is 14.2 Å². The monoisotopic (exact) mass is 403 g/mol. The second kappa shape index (κ2) is 12.1. The molecule has 0 aromatic heterocycles. The van der Waals surface area contributed by atoms with Crippen LogP contribution in [0.5, 0.6) is 0 Å². The number of nitrogens with zero attached hydrogens (tertiary/aromatic N) is 1. The van der Waals surface area contributed by atoms with Crippen molar-refractivity contribution in [2.45, 2.75) is 27.7 Å². The van der Waals surface area contributed by atoms with Gasteiger partial charge in [-0.05, 0) is 61.7 Å². The van der Waals surface area contributed by atoms with Gasteiger partial charge in [-0.15, -0.1) is 6.42 Å². The van der Waals surface area contributed by atoms with Crippen molar-refractivity contribution >= 4 is 23.5 Å². The highest BCUT2D eigenvalue weighted by atomic mass is 16.5. The smallest absolute Gasteiger partial charge is 0.350 e. The van der Waals surface area contributed by atoms with E-state index in [1.807, 2.05) is 76.2 Å². The lowest BCUT2D eigenvalue weighted by Crippen LogP contribution is -2.08. The molecule has 0 saturated carbocycles. The lowest BCUT2D eigenvalue weighted by atomic mass is 9.86. The first kappa shape index (κ1) is 24.5. The molecule has 0 aliphatic carbocycles. The minimum Gasteiger partial charge on any atom is -0.506 e. The number of aryl methyl sites for hydroxylation is 1. The predicted molar refractivity (Wildman–Crippen MR) is 126 cm³/mol.